The number of carboxylic acid groups (broad SMARTS) is 2. The molecule has 29 heavy (non-hydrogen) atoms. The predicted molar refractivity (Wildman–Crippen MR) is 92.1 cm³/mol. The largest absolute Gasteiger partial charge is 2.00 e. The van der Waals surface area contributed by atoms with E-state index in [1.54, 1.807) is 0 Å². The molecule has 2 rings (SSSR count). The third-order valence-electron chi connectivity index (χ3n) is 2.39. The van der Waals surface area contributed by atoms with Gasteiger partial charge in [-0.15, -0.1) is 0 Å². The van der Waals surface area contributed by atoms with E-state index < -0.39 is 47.5 Å². The molecule has 0 bridgehead atoms. The smallest absolute Gasteiger partial charge is 0.548 e. The van der Waals surface area contributed by atoms with Gasteiger partial charge < -0.3 is 41.7 Å². The Labute approximate surface area is 179 Å². The average Bonchev–Trinajstić information content (AvgIpc) is 2.45. The summed E-state index contributed by atoms with van der Waals surface area (Å²) in [5.74, 6) is -2.77. The van der Waals surface area contributed by atoms with Crippen LogP contribution < -0.4 is 32.7 Å². The van der Waals surface area contributed by atoms with E-state index in [2.05, 4.69) is 0 Å². The van der Waals surface area contributed by atoms with Crippen molar-refractivity contribution in [3.8, 4) is 0 Å². The van der Waals surface area contributed by atoms with Crippen LogP contribution in [0.5, 0.6) is 0 Å². The minimum Gasteiger partial charge on any atom is -0.548 e. The van der Waals surface area contributed by atoms with Crippen LogP contribution in [0.1, 0.15) is 0 Å². The summed E-state index contributed by atoms with van der Waals surface area (Å²) in [5.41, 5.74) is -2.64. The summed E-state index contributed by atoms with van der Waals surface area (Å²) in [6.45, 7) is -1.12. The summed E-state index contributed by atoms with van der Waals surface area (Å²) in [6.07, 6.45) is 2.19. The van der Waals surface area contributed by atoms with Gasteiger partial charge in [-0.05, 0) is 0 Å². The zero-order valence-electron chi connectivity index (χ0n) is 14.9. The van der Waals surface area contributed by atoms with Crippen LogP contribution in [-0.4, -0.2) is 31.0 Å². The molecule has 0 fully saturated rings. The van der Waals surface area contributed by atoms with E-state index in [1.807, 2.05) is 9.97 Å². The topological polar surface area (TPSA) is 322 Å². The molecule has 2 aromatic heterocycles. The first-order valence-corrected chi connectivity index (χ1v) is 6.18. The SMILES string of the molecule is O=C([O-])Cn1ccc(=O)[nH]c1=O.O=C([O-])Cn1ccc(=O)[nH]c1=O.[Cd+2].[OH3+].[OH3+].[OH3+].[OH3+]. The Morgan fingerprint density at radius 2 is 1.00 bits per heavy atom. The summed E-state index contributed by atoms with van der Waals surface area (Å²) in [5, 5.41) is 20.1. The third-order valence-corrected chi connectivity index (χ3v) is 2.39. The summed E-state index contributed by atoms with van der Waals surface area (Å²) in [4.78, 5) is 66.5. The van der Waals surface area contributed by atoms with E-state index >= 15 is 0 Å². The number of hydrogen-bond donors (Lipinski definition) is 2. The van der Waals surface area contributed by atoms with Crippen LogP contribution >= 0.6 is 0 Å². The molecule has 0 unspecified atom stereocenters. The number of H-pyrrole nitrogens is 2. The molecule has 160 valence electrons. The fourth-order valence-electron chi connectivity index (χ4n) is 1.42. The molecule has 0 aliphatic rings. The second-order valence-electron chi connectivity index (χ2n) is 4.22. The van der Waals surface area contributed by atoms with Crippen molar-refractivity contribution in [2.45, 2.75) is 13.1 Å². The fourth-order valence-corrected chi connectivity index (χ4v) is 1.42. The average molecular weight is 527 g/mol. The quantitative estimate of drug-likeness (QED) is 0.283. The van der Waals surface area contributed by atoms with E-state index in [0.29, 0.717) is 0 Å². The molecule has 0 radical (unpaired) electrons. The van der Waals surface area contributed by atoms with Crippen LogP contribution in [0.25, 0.3) is 0 Å². The van der Waals surface area contributed by atoms with Gasteiger partial charge in [0.2, 0.25) is 0 Å². The number of carboxylic acids is 2. The maximum absolute atomic E-state index is 10.8. The Bertz CT molecular complexity index is 896. The number of carbonyl (C=O) groups excluding carboxylic acids is 2. The molecule has 0 saturated carbocycles. The van der Waals surface area contributed by atoms with E-state index in [0.717, 1.165) is 33.7 Å². The van der Waals surface area contributed by atoms with Crippen LogP contribution in [0, 0.1) is 0 Å². The zero-order chi connectivity index (χ0) is 18.3. The summed E-state index contributed by atoms with van der Waals surface area (Å²) < 4.78 is 1.66. The minimum atomic E-state index is -1.39. The van der Waals surface area contributed by atoms with E-state index in [1.165, 1.54) is 0 Å². The van der Waals surface area contributed by atoms with Gasteiger partial charge in [0.05, 0.1) is 25.0 Å². The second-order valence-corrected chi connectivity index (χ2v) is 4.22. The van der Waals surface area contributed by atoms with Gasteiger partial charge in [0, 0.05) is 24.5 Å². The molecular formula is C12H22CdN4O12+4. The number of nitrogens with one attached hydrogen (secondary N) is 2. The van der Waals surface area contributed by atoms with Crippen molar-refractivity contribution in [1.82, 2.24) is 19.1 Å². The Balaban J connectivity index is -0.000000113. The summed E-state index contributed by atoms with van der Waals surface area (Å²) in [6, 6.07) is 2.12. The summed E-state index contributed by atoms with van der Waals surface area (Å²) >= 11 is 0. The first kappa shape index (κ1) is 36.9. The van der Waals surface area contributed by atoms with Crippen LogP contribution in [0.4, 0.5) is 0 Å². The molecule has 0 amide bonds. The normalized spacial score (nSPS) is 8.00. The van der Waals surface area contributed by atoms with Crippen LogP contribution in [0.3, 0.4) is 0 Å². The Kier molecular flexibility index (Phi) is 21.9. The van der Waals surface area contributed by atoms with E-state index in [9.17, 15) is 39.0 Å². The molecule has 14 N–H and O–H groups in total. The number of aromatic nitrogens is 4. The molecule has 0 aliphatic carbocycles. The van der Waals surface area contributed by atoms with Gasteiger partial charge in [0.15, 0.2) is 0 Å². The number of hydrogen-bond acceptors (Lipinski definition) is 8. The van der Waals surface area contributed by atoms with Crippen LogP contribution in [-0.2, 0) is 71.9 Å². The molecule has 17 heteroatoms. The first-order valence-electron chi connectivity index (χ1n) is 6.18. The molecule has 2 aromatic rings. The number of aromatic amines is 2. The van der Waals surface area contributed by atoms with E-state index in [4.69, 9.17) is 0 Å². The molecule has 16 nitrogen and oxygen atoms in total. The molecule has 0 aromatic carbocycles. The van der Waals surface area contributed by atoms with Crippen molar-refractivity contribution in [2.24, 2.45) is 0 Å². The number of aliphatic carboxylic acids is 2. The molecule has 0 saturated heterocycles. The van der Waals surface area contributed by atoms with Crippen molar-refractivity contribution >= 4 is 11.9 Å². The van der Waals surface area contributed by atoms with Crippen molar-refractivity contribution in [3.63, 3.8) is 0 Å². The first-order chi connectivity index (χ1) is 11.2. The van der Waals surface area contributed by atoms with Gasteiger partial charge in [-0.2, -0.15) is 0 Å². The minimum absolute atomic E-state index is 0. The second kappa shape index (κ2) is 17.2. The van der Waals surface area contributed by atoms with Gasteiger partial charge in [0.1, 0.15) is 0 Å². The van der Waals surface area contributed by atoms with Crippen molar-refractivity contribution < 1.29 is 69.0 Å². The van der Waals surface area contributed by atoms with Crippen molar-refractivity contribution in [2.75, 3.05) is 0 Å². The predicted octanol–water partition coefficient (Wildman–Crippen LogP) is -9.12. The molecule has 0 aliphatic heterocycles. The van der Waals surface area contributed by atoms with Gasteiger partial charge >= 0.3 is 38.7 Å². The summed E-state index contributed by atoms with van der Waals surface area (Å²) in [7, 11) is 0. The monoisotopic (exact) mass is 528 g/mol. The van der Waals surface area contributed by atoms with Gasteiger partial charge in [-0.3, -0.25) is 28.7 Å². The van der Waals surface area contributed by atoms with Crippen LogP contribution in [0.2, 0.25) is 0 Å². The van der Waals surface area contributed by atoms with Crippen LogP contribution in [0.15, 0.2) is 43.7 Å². The van der Waals surface area contributed by atoms with Gasteiger partial charge in [0.25, 0.3) is 11.1 Å². The molecule has 0 atom stereocenters. The third kappa shape index (κ3) is 13.8. The maximum Gasteiger partial charge on any atom is 2.00 e. The van der Waals surface area contributed by atoms with E-state index in [-0.39, 0.29) is 49.2 Å². The number of nitrogens with zero attached hydrogens (tertiary/aromatic N) is 2. The zero-order valence-corrected chi connectivity index (χ0v) is 18.9. The molecular weight excluding hydrogens is 505 g/mol. The Hall–Kier alpha value is -2.94. The Morgan fingerprint density at radius 3 is 1.21 bits per heavy atom. The van der Waals surface area contributed by atoms with Gasteiger partial charge in [-0.1, -0.05) is 0 Å². The van der Waals surface area contributed by atoms with Crippen molar-refractivity contribution in [3.05, 3.63) is 66.2 Å². The number of carbonyl (C=O) groups is 2. The van der Waals surface area contributed by atoms with Crippen molar-refractivity contribution in [1.29, 1.82) is 0 Å². The standard InChI is InChI=1S/2C6H6N2O4.Cd.4H2O/c2*9-4-1-2-8(3-5(10)11)6(12)7-4;;;;;/h2*1-2H,3H2,(H,10,11)(H,7,9,12);;4*1H2/q;;+2;;;;/p+2. The molecule has 2 heterocycles. The molecule has 0 spiro atoms. The Morgan fingerprint density at radius 1 is 0.724 bits per heavy atom. The fraction of sp³-hybridized carbons (Fsp3) is 0.167. The maximum atomic E-state index is 10.8. The number of rotatable bonds is 4. The van der Waals surface area contributed by atoms with Gasteiger partial charge in [-0.25, -0.2) is 9.59 Å².